The quantitative estimate of drug-likeness (QED) is 0.664. The first-order valence-electron chi connectivity index (χ1n) is 8.80. The van der Waals surface area contributed by atoms with Crippen molar-refractivity contribution in [2.75, 3.05) is 32.1 Å². The normalized spacial score (nSPS) is 19.6. The molecule has 1 aliphatic rings. The Hall–Kier alpha value is -2.57. The van der Waals surface area contributed by atoms with Gasteiger partial charge in [0.15, 0.2) is 0 Å². The van der Waals surface area contributed by atoms with Gasteiger partial charge in [-0.25, -0.2) is 4.79 Å². The molecule has 26 heavy (non-hydrogen) atoms. The first-order chi connectivity index (χ1) is 12.6. The van der Waals surface area contributed by atoms with Crippen LogP contribution >= 0.6 is 0 Å². The number of methoxy groups -OCH3 is 1. The van der Waals surface area contributed by atoms with Gasteiger partial charge < -0.3 is 25.8 Å². The average Bonchev–Trinajstić information content (AvgIpc) is 2.68. The number of piperidine rings is 1. The van der Waals surface area contributed by atoms with Gasteiger partial charge in [0.05, 0.1) is 12.7 Å². The molecule has 3 rings (SSSR count). The van der Waals surface area contributed by atoms with Crippen molar-refractivity contribution >= 4 is 11.7 Å². The van der Waals surface area contributed by atoms with Crippen molar-refractivity contribution in [3.8, 4) is 16.9 Å². The maximum Gasteiger partial charge on any atom is 0.319 e. The second kappa shape index (κ2) is 8.21. The highest BCUT2D eigenvalue weighted by molar-refractivity contribution is 5.89. The fourth-order valence-corrected chi connectivity index (χ4v) is 3.05. The Bertz CT molecular complexity index is 723. The molecule has 4 N–H and O–H groups in total. The van der Waals surface area contributed by atoms with E-state index in [9.17, 15) is 9.90 Å². The van der Waals surface area contributed by atoms with E-state index in [0.717, 1.165) is 29.8 Å². The summed E-state index contributed by atoms with van der Waals surface area (Å²) in [6.45, 7) is 1.65. The van der Waals surface area contributed by atoms with Crippen molar-refractivity contribution in [3.05, 3.63) is 48.5 Å². The van der Waals surface area contributed by atoms with Crippen LogP contribution in [0.15, 0.2) is 48.5 Å². The molecule has 1 atom stereocenters. The number of hydrogen-bond acceptors (Lipinski definition) is 4. The van der Waals surface area contributed by atoms with Gasteiger partial charge >= 0.3 is 6.03 Å². The minimum Gasteiger partial charge on any atom is -0.497 e. The zero-order valence-electron chi connectivity index (χ0n) is 14.9. The fourth-order valence-electron chi connectivity index (χ4n) is 3.05. The average molecular weight is 355 g/mol. The van der Waals surface area contributed by atoms with Gasteiger partial charge in [-0.05, 0) is 54.8 Å². The number of carbonyl (C=O) groups excluding carboxylic acids is 1. The summed E-state index contributed by atoms with van der Waals surface area (Å²) >= 11 is 0. The van der Waals surface area contributed by atoms with E-state index in [4.69, 9.17) is 4.74 Å². The molecule has 2 aromatic carbocycles. The number of ether oxygens (including phenoxy) is 1. The third-order valence-corrected chi connectivity index (χ3v) is 4.59. The summed E-state index contributed by atoms with van der Waals surface area (Å²) in [7, 11) is 1.64. The number of amides is 2. The molecule has 0 bridgehead atoms. The Balaban J connectivity index is 1.54. The molecule has 138 valence electrons. The lowest BCUT2D eigenvalue weighted by atomic mass is 9.94. The fraction of sp³-hybridized carbons (Fsp3) is 0.350. The van der Waals surface area contributed by atoms with Gasteiger partial charge in [0, 0.05) is 18.8 Å². The van der Waals surface area contributed by atoms with Crippen LogP contribution < -0.4 is 20.7 Å². The molecule has 1 aliphatic heterocycles. The molecular weight excluding hydrogens is 330 g/mol. The smallest absolute Gasteiger partial charge is 0.319 e. The number of rotatable bonds is 5. The summed E-state index contributed by atoms with van der Waals surface area (Å²) in [5, 5.41) is 19.1. The van der Waals surface area contributed by atoms with Crippen LogP contribution in [0.4, 0.5) is 10.5 Å². The third-order valence-electron chi connectivity index (χ3n) is 4.59. The van der Waals surface area contributed by atoms with E-state index in [0.29, 0.717) is 18.7 Å². The monoisotopic (exact) mass is 355 g/mol. The van der Waals surface area contributed by atoms with Crippen molar-refractivity contribution in [1.82, 2.24) is 10.6 Å². The summed E-state index contributed by atoms with van der Waals surface area (Å²) < 4.78 is 5.17. The lowest BCUT2D eigenvalue weighted by Gasteiger charge is -2.32. The van der Waals surface area contributed by atoms with E-state index < -0.39 is 5.60 Å². The number of β-amino-alcohol motifs (C(OH)–C–C–N with tert-alkyl or cyclic N) is 1. The zero-order chi connectivity index (χ0) is 18.4. The molecule has 0 aliphatic carbocycles. The lowest BCUT2D eigenvalue weighted by molar-refractivity contribution is 0.0198. The van der Waals surface area contributed by atoms with Crippen LogP contribution in [-0.4, -0.2) is 43.5 Å². The number of aliphatic hydroxyl groups is 1. The Morgan fingerprint density at radius 3 is 2.38 bits per heavy atom. The predicted octanol–water partition coefficient (Wildman–Crippen LogP) is 2.60. The molecule has 6 nitrogen and oxygen atoms in total. The molecule has 2 aromatic rings. The summed E-state index contributed by atoms with van der Waals surface area (Å²) in [6, 6.07) is 15.1. The summed E-state index contributed by atoms with van der Waals surface area (Å²) in [4.78, 5) is 12.1. The maximum absolute atomic E-state index is 12.1. The van der Waals surface area contributed by atoms with Gasteiger partial charge in [-0.3, -0.25) is 0 Å². The van der Waals surface area contributed by atoms with Crippen molar-refractivity contribution in [2.24, 2.45) is 0 Å². The Labute approximate surface area is 153 Å². The molecule has 6 heteroatoms. The highest BCUT2D eigenvalue weighted by Gasteiger charge is 2.29. The molecule has 1 fully saturated rings. The van der Waals surface area contributed by atoms with Crippen LogP contribution in [0, 0.1) is 0 Å². The third kappa shape index (κ3) is 4.74. The van der Waals surface area contributed by atoms with Crippen LogP contribution in [0.1, 0.15) is 12.8 Å². The number of nitrogens with one attached hydrogen (secondary N) is 3. The number of urea groups is 1. The molecule has 0 spiro atoms. The van der Waals surface area contributed by atoms with Crippen LogP contribution in [0.3, 0.4) is 0 Å². The first-order valence-corrected chi connectivity index (χ1v) is 8.80. The van der Waals surface area contributed by atoms with Gasteiger partial charge in [-0.15, -0.1) is 0 Å². The molecule has 0 radical (unpaired) electrons. The van der Waals surface area contributed by atoms with Crippen molar-refractivity contribution in [3.63, 3.8) is 0 Å². The van der Waals surface area contributed by atoms with E-state index in [1.165, 1.54) is 0 Å². The second-order valence-electron chi connectivity index (χ2n) is 6.62. The summed E-state index contributed by atoms with van der Waals surface area (Å²) in [5.41, 5.74) is 1.97. The molecule has 0 unspecified atom stereocenters. The molecule has 0 saturated carbocycles. The molecular formula is C20H25N3O3. The van der Waals surface area contributed by atoms with Gasteiger partial charge in [0.2, 0.25) is 0 Å². The van der Waals surface area contributed by atoms with E-state index in [1.807, 2.05) is 48.5 Å². The Morgan fingerprint density at radius 1 is 1.15 bits per heavy atom. The minimum absolute atomic E-state index is 0.232. The summed E-state index contributed by atoms with van der Waals surface area (Å²) in [5.74, 6) is 0.818. The number of benzene rings is 2. The van der Waals surface area contributed by atoms with E-state index >= 15 is 0 Å². The zero-order valence-corrected chi connectivity index (χ0v) is 14.9. The van der Waals surface area contributed by atoms with Crippen LogP contribution in [-0.2, 0) is 0 Å². The Morgan fingerprint density at radius 2 is 1.81 bits per heavy atom. The maximum atomic E-state index is 12.1. The largest absolute Gasteiger partial charge is 0.497 e. The topological polar surface area (TPSA) is 82.6 Å². The van der Waals surface area contributed by atoms with E-state index in [1.54, 1.807) is 7.11 Å². The molecule has 2 amide bonds. The van der Waals surface area contributed by atoms with Crippen LogP contribution in [0.5, 0.6) is 5.75 Å². The number of anilines is 1. The molecule has 1 heterocycles. The lowest BCUT2D eigenvalue weighted by Crippen LogP contribution is -2.53. The van der Waals surface area contributed by atoms with E-state index in [-0.39, 0.29) is 12.6 Å². The highest BCUT2D eigenvalue weighted by atomic mass is 16.5. The van der Waals surface area contributed by atoms with E-state index in [2.05, 4.69) is 16.0 Å². The first kappa shape index (κ1) is 18.2. The van der Waals surface area contributed by atoms with Crippen molar-refractivity contribution in [1.29, 1.82) is 0 Å². The second-order valence-corrected chi connectivity index (χ2v) is 6.62. The standard InChI is InChI=1S/C20H25N3O3/c1-26-18-9-5-16(6-10-18)15-3-7-17(8-4-15)23-19(24)22-14-20(25)11-2-12-21-13-20/h3-10,21,25H,2,11-14H2,1H3,(H2,22,23,24)/t20-/m0/s1. The summed E-state index contributed by atoms with van der Waals surface area (Å²) in [6.07, 6.45) is 1.60. The van der Waals surface area contributed by atoms with Gasteiger partial charge in [-0.2, -0.15) is 0 Å². The van der Waals surface area contributed by atoms with Crippen LogP contribution in [0.25, 0.3) is 11.1 Å². The molecule has 1 saturated heterocycles. The SMILES string of the molecule is COc1ccc(-c2ccc(NC(=O)NC[C@]3(O)CCCNC3)cc2)cc1. The van der Waals surface area contributed by atoms with Crippen LogP contribution in [0.2, 0.25) is 0 Å². The predicted molar refractivity (Wildman–Crippen MR) is 103 cm³/mol. The van der Waals surface area contributed by atoms with Gasteiger partial charge in [0.1, 0.15) is 5.75 Å². The Kier molecular flexibility index (Phi) is 5.75. The number of hydrogen-bond donors (Lipinski definition) is 4. The molecule has 0 aromatic heterocycles. The van der Waals surface area contributed by atoms with Crippen molar-refractivity contribution < 1.29 is 14.6 Å². The highest BCUT2D eigenvalue weighted by Crippen LogP contribution is 2.23. The van der Waals surface area contributed by atoms with Crippen molar-refractivity contribution in [2.45, 2.75) is 18.4 Å². The number of carbonyl (C=O) groups is 1. The van der Waals surface area contributed by atoms with Gasteiger partial charge in [-0.1, -0.05) is 24.3 Å². The van der Waals surface area contributed by atoms with Gasteiger partial charge in [0.25, 0.3) is 0 Å². The minimum atomic E-state index is -0.867.